The van der Waals surface area contributed by atoms with Crippen LogP contribution >= 0.6 is 46.4 Å². The number of fused-ring (bicyclic) bond motifs is 4. The number of hydrogen-bond donors (Lipinski definition) is 8. The molecule has 1 aliphatic rings. The van der Waals surface area contributed by atoms with Crippen LogP contribution < -0.4 is 59.2 Å². The van der Waals surface area contributed by atoms with Crippen LogP contribution in [0.4, 0.5) is 0 Å². The van der Waals surface area contributed by atoms with Gasteiger partial charge in [0.2, 0.25) is 23.6 Å². The number of H-pyrrole nitrogens is 4. The third-order valence-electron chi connectivity index (χ3n) is 18.9. The molecule has 5 heterocycles. The van der Waals surface area contributed by atoms with Gasteiger partial charge in [-0.1, -0.05) is 94.9 Å². The number of amides is 4. The fourth-order valence-electron chi connectivity index (χ4n) is 14.6. The van der Waals surface area contributed by atoms with Crippen LogP contribution in [0.2, 0.25) is 20.1 Å². The Morgan fingerprint density at radius 1 is 0.290 bits per heavy atom. The lowest BCUT2D eigenvalue weighted by Gasteiger charge is -2.22. The van der Waals surface area contributed by atoms with E-state index < -0.39 is 47.3 Å². The Kier molecular flexibility index (Phi) is 18.5. The molecule has 0 aliphatic carbocycles. The van der Waals surface area contributed by atoms with E-state index >= 15 is 19.2 Å². The molecule has 4 unspecified atom stereocenters. The molecule has 12 aromatic rings. The van der Waals surface area contributed by atoms with Crippen LogP contribution in [0.1, 0.15) is 68.7 Å². The number of aromatic nitrogens is 4. The van der Waals surface area contributed by atoms with E-state index in [4.69, 9.17) is 84.3 Å². The van der Waals surface area contributed by atoms with E-state index in [-0.39, 0.29) is 91.0 Å². The second-order valence-corrected chi connectivity index (χ2v) is 25.4. The zero-order valence-electron chi connectivity index (χ0n) is 56.3. The van der Waals surface area contributed by atoms with Crippen LogP contribution in [-0.2, 0) is 19.2 Å². The average molecular weight is 1430 g/mol. The van der Waals surface area contributed by atoms with Crippen molar-refractivity contribution in [3.63, 3.8) is 0 Å². The average Bonchev–Trinajstić information content (AvgIpc) is 1.55. The summed E-state index contributed by atoms with van der Waals surface area (Å²) >= 11 is 27.0. The molecule has 4 aromatic heterocycles. The van der Waals surface area contributed by atoms with Gasteiger partial charge in [-0.3, -0.25) is 19.2 Å². The van der Waals surface area contributed by atoms with Crippen molar-refractivity contribution in [3.05, 3.63) is 186 Å². The van der Waals surface area contributed by atoms with Gasteiger partial charge in [-0.25, -0.2) is 0 Å². The first-order chi connectivity index (χ1) is 48.4. The lowest BCUT2D eigenvalue weighted by atomic mass is 9.84. The number of benzene rings is 8. The molecular weight excluding hydrogens is 1360 g/mol. The fourth-order valence-corrected chi connectivity index (χ4v) is 15.1. The molecule has 100 heavy (non-hydrogen) atoms. The number of carbonyl (C=O) groups excluding carboxylic acids is 4. The molecule has 24 heteroatoms. The van der Waals surface area contributed by atoms with Gasteiger partial charge in [-0.05, 0) is 70.8 Å². The molecule has 512 valence electrons. The molecule has 0 saturated carbocycles. The van der Waals surface area contributed by atoms with E-state index in [9.17, 15) is 0 Å². The highest BCUT2D eigenvalue weighted by Crippen LogP contribution is 2.58. The molecule has 0 spiro atoms. The molecule has 0 fully saturated rings. The number of halogens is 4. The van der Waals surface area contributed by atoms with Crippen molar-refractivity contribution in [2.24, 2.45) is 0 Å². The predicted molar refractivity (Wildman–Crippen MR) is 391 cm³/mol. The third kappa shape index (κ3) is 10.8. The van der Waals surface area contributed by atoms with Crippen LogP contribution in [0.5, 0.6) is 46.0 Å². The molecule has 0 saturated heterocycles. The van der Waals surface area contributed by atoms with Crippen molar-refractivity contribution in [2.45, 2.75) is 23.7 Å². The van der Waals surface area contributed by atoms with E-state index in [1.807, 2.05) is 48.5 Å². The highest BCUT2D eigenvalue weighted by Gasteiger charge is 2.44. The molecule has 1 aliphatic heterocycles. The van der Waals surface area contributed by atoms with Crippen molar-refractivity contribution >= 4 is 114 Å². The lowest BCUT2D eigenvalue weighted by Crippen LogP contribution is -2.29. The summed E-state index contributed by atoms with van der Waals surface area (Å²) in [6.07, 6.45) is 0. The molecule has 4 atom stereocenters. The Labute approximate surface area is 594 Å². The lowest BCUT2D eigenvalue weighted by molar-refractivity contribution is -0.122. The van der Waals surface area contributed by atoms with Crippen LogP contribution in [-0.4, -0.2) is 129 Å². The number of ether oxygens (including phenoxy) is 8. The van der Waals surface area contributed by atoms with E-state index in [1.54, 1.807) is 72.8 Å². The smallest absolute Gasteiger partial charge is 0.233 e. The number of carbonyl (C=O) groups is 4. The first-order valence-electron chi connectivity index (χ1n) is 31.5. The maximum absolute atomic E-state index is 16.1. The van der Waals surface area contributed by atoms with Crippen molar-refractivity contribution in [2.75, 3.05) is 85.1 Å². The second-order valence-electron chi connectivity index (χ2n) is 23.7. The molecule has 20 nitrogen and oxygen atoms in total. The van der Waals surface area contributed by atoms with E-state index in [2.05, 4.69) is 41.2 Å². The van der Waals surface area contributed by atoms with E-state index in [0.29, 0.717) is 108 Å². The number of aromatic amines is 4. The first-order valence-corrected chi connectivity index (χ1v) is 33.0. The molecule has 13 rings (SSSR count). The zero-order valence-corrected chi connectivity index (χ0v) is 59.3. The summed E-state index contributed by atoms with van der Waals surface area (Å²) in [7, 11) is 18.1. The molecule has 8 aromatic carbocycles. The van der Waals surface area contributed by atoms with Crippen LogP contribution in [0.3, 0.4) is 0 Å². The minimum absolute atomic E-state index is 0.179. The van der Waals surface area contributed by atoms with E-state index in [0.717, 1.165) is 0 Å². The maximum atomic E-state index is 16.1. The summed E-state index contributed by atoms with van der Waals surface area (Å²) in [5, 5.41) is 15.3. The van der Waals surface area contributed by atoms with Crippen LogP contribution in [0, 0.1) is 0 Å². The highest BCUT2D eigenvalue weighted by molar-refractivity contribution is 6.32. The number of hydrogen-bond acceptors (Lipinski definition) is 12. The van der Waals surface area contributed by atoms with Crippen molar-refractivity contribution in [3.8, 4) is 90.5 Å². The monoisotopic (exact) mass is 1420 g/mol. The van der Waals surface area contributed by atoms with Gasteiger partial charge in [0, 0.05) is 140 Å². The predicted octanol–water partition coefficient (Wildman–Crippen LogP) is 14.8. The number of rotatable bonds is 16. The number of nitrogens with one attached hydrogen (secondary N) is 8. The Bertz CT molecular complexity index is 4620. The quantitative estimate of drug-likeness (QED) is 0.0450. The van der Waals surface area contributed by atoms with Gasteiger partial charge < -0.3 is 79.1 Å². The molecular formula is C76H68Cl4N8O12. The first kappa shape index (κ1) is 67.9. The maximum Gasteiger partial charge on any atom is 0.233 e. The third-order valence-corrected chi connectivity index (χ3v) is 19.9. The van der Waals surface area contributed by atoms with Crippen LogP contribution in [0.25, 0.3) is 88.1 Å². The normalized spacial score (nSPS) is 15.0. The van der Waals surface area contributed by atoms with Crippen molar-refractivity contribution in [1.82, 2.24) is 41.2 Å². The molecule has 8 N–H and O–H groups in total. The number of methoxy groups -OCH3 is 8. The second kappa shape index (κ2) is 27.2. The molecule has 4 amide bonds. The van der Waals surface area contributed by atoms with Gasteiger partial charge in [0.05, 0.1) is 100 Å². The minimum Gasteiger partial charge on any atom is -0.496 e. The van der Waals surface area contributed by atoms with E-state index in [1.165, 1.54) is 85.1 Å². The Balaban J connectivity index is 1.37. The SMILES string of the molecule is CNC(=O)C1c2[nH]c3c(c(OC)cc(OC)c3c2-c2ccc(Cl)cc2)C(C(=O)NC)c2[nH]c3c(c(OC)cc(OC)c3c2-c2ccc(Cl)cc2)C(C(=O)NC)c2[nH]c3c(c(OC)cc(OC)c3c2-c2ccc(Cl)cc2)C(C(=O)NC)c2[nH]c3c1c(OC)cc(OC)c3c2-c1ccc(Cl)cc1. The summed E-state index contributed by atoms with van der Waals surface area (Å²) in [4.78, 5) is 79.7. The highest BCUT2D eigenvalue weighted by atomic mass is 35.5. The standard InChI is InChI=1S/C76H68Cl4N8O12/c1-81-73(89)61-57-45(97-9)29-41(93-5)54-50(34-15-23-38(78)24-16-34)66(86-69(54)57)63(75(91)83-3)59-47(99-11)31-43(95-7)56-52(36-19-27-40(80)28-20-36)68(88-71(56)59)64(76(92)84-4)60-48(100-12)32-44(96-8)55-51(35-17-25-39(79)26-18-35)67(87-72(55)60)62(74(90)82-2)58-46(98-10)30-42(94-6)53-49(65(61)85-70(53)58)33-13-21-37(77)22-14-33/h13-32,61-64,85-88H,1-12H3,(H,81,89)(H,82,90)(H,83,91)(H,84,92). The van der Waals surface area contributed by atoms with Gasteiger partial charge in [0.1, 0.15) is 69.7 Å². The van der Waals surface area contributed by atoms with Crippen molar-refractivity contribution < 1.29 is 57.1 Å². The van der Waals surface area contributed by atoms with Gasteiger partial charge in [-0.2, -0.15) is 0 Å². The largest absolute Gasteiger partial charge is 0.496 e. The van der Waals surface area contributed by atoms with Crippen LogP contribution in [0.15, 0.2) is 121 Å². The summed E-state index contributed by atoms with van der Waals surface area (Å²) in [6, 6.07) is 35.2. The summed E-state index contributed by atoms with van der Waals surface area (Å²) in [6.45, 7) is 0. The molecule has 8 bridgehead atoms. The Morgan fingerprint density at radius 2 is 0.460 bits per heavy atom. The zero-order chi connectivity index (χ0) is 70.9. The van der Waals surface area contributed by atoms with Gasteiger partial charge in [0.15, 0.2) is 0 Å². The topological polar surface area (TPSA) is 253 Å². The molecule has 0 radical (unpaired) electrons. The van der Waals surface area contributed by atoms with Gasteiger partial charge in [-0.15, -0.1) is 0 Å². The van der Waals surface area contributed by atoms with Gasteiger partial charge in [0.25, 0.3) is 0 Å². The summed E-state index contributed by atoms with van der Waals surface area (Å²) < 4.78 is 51.8. The summed E-state index contributed by atoms with van der Waals surface area (Å²) in [5.74, 6) is -6.02. The fraction of sp³-hybridized carbons (Fsp3) is 0.211. The Morgan fingerprint density at radius 3 is 0.610 bits per heavy atom. The number of likely N-dealkylation sites (N-methyl/N-ethyl adjacent to an activating group) is 4. The van der Waals surface area contributed by atoms with Gasteiger partial charge >= 0.3 is 0 Å². The summed E-state index contributed by atoms with van der Waals surface area (Å²) in [5.41, 5.74) is 7.37. The Hall–Kier alpha value is -10.6. The van der Waals surface area contributed by atoms with Crippen molar-refractivity contribution in [1.29, 1.82) is 0 Å². The minimum atomic E-state index is -1.42.